The van der Waals surface area contributed by atoms with Gasteiger partial charge >= 0.3 is 7.82 Å². The van der Waals surface area contributed by atoms with Gasteiger partial charge in [0.15, 0.2) is 5.76 Å². The molecule has 0 amide bonds. The van der Waals surface area contributed by atoms with Gasteiger partial charge in [0, 0.05) is 42.6 Å². The molecule has 0 spiro atoms. The molecule has 34 heavy (non-hydrogen) atoms. The van der Waals surface area contributed by atoms with E-state index in [9.17, 15) is 8.96 Å². The van der Waals surface area contributed by atoms with Crippen LogP contribution in [0.1, 0.15) is 22.6 Å². The van der Waals surface area contributed by atoms with Crippen LogP contribution in [0.5, 0.6) is 0 Å². The van der Waals surface area contributed by atoms with Gasteiger partial charge in [-0.3, -0.25) is 4.52 Å². The molecule has 3 aromatic rings. The number of anilines is 1. The van der Waals surface area contributed by atoms with Gasteiger partial charge in [0.1, 0.15) is 24.5 Å². The van der Waals surface area contributed by atoms with E-state index in [1.165, 1.54) is 11.0 Å². The number of allylic oxidation sites excluding steroid dienone is 2. The van der Waals surface area contributed by atoms with E-state index in [2.05, 4.69) is 20.0 Å². The summed E-state index contributed by atoms with van der Waals surface area (Å²) < 4.78 is 34.7. The molecule has 2 aromatic heterocycles. The molecule has 1 atom stereocenters. The number of halogens is 1. The van der Waals surface area contributed by atoms with Crippen molar-refractivity contribution in [2.75, 3.05) is 12.0 Å². The maximum absolute atomic E-state index is 13.7. The quantitative estimate of drug-likeness (QED) is 0.332. The molecule has 0 bridgehead atoms. The van der Waals surface area contributed by atoms with Crippen LogP contribution in [0.15, 0.2) is 71.5 Å². The zero-order valence-corrected chi connectivity index (χ0v) is 18.8. The van der Waals surface area contributed by atoms with E-state index < -0.39 is 14.0 Å². The highest BCUT2D eigenvalue weighted by atomic mass is 31.2. The highest BCUT2D eigenvalue weighted by Crippen LogP contribution is 2.36. The van der Waals surface area contributed by atoms with Gasteiger partial charge < -0.3 is 30.3 Å². The lowest BCUT2D eigenvalue weighted by molar-refractivity contribution is 0.110. The summed E-state index contributed by atoms with van der Waals surface area (Å²) in [6.07, 6.45) is 6.40. The average molecular weight is 487 g/mol. The minimum atomic E-state index is -4.63. The molecule has 3 heterocycles. The summed E-state index contributed by atoms with van der Waals surface area (Å²) in [5, 5.41) is 7.18. The zero-order chi connectivity index (χ0) is 24.1. The Bertz CT molecular complexity index is 1240. The molecular weight excluding hydrogens is 464 g/mol. The Morgan fingerprint density at radius 3 is 2.82 bits per heavy atom. The number of rotatable bonds is 9. The van der Waals surface area contributed by atoms with Gasteiger partial charge in [0.05, 0.1) is 5.69 Å². The van der Waals surface area contributed by atoms with Crippen molar-refractivity contribution in [1.29, 1.82) is 0 Å². The first-order valence-electron chi connectivity index (χ1n) is 10.3. The summed E-state index contributed by atoms with van der Waals surface area (Å²) in [6, 6.07) is 12.0. The highest BCUT2D eigenvalue weighted by Gasteiger charge is 2.25. The molecule has 5 N–H and O–H groups in total. The molecule has 0 fully saturated rings. The Morgan fingerprint density at radius 2 is 2.09 bits per heavy atom. The van der Waals surface area contributed by atoms with Gasteiger partial charge in [-0.1, -0.05) is 35.5 Å². The van der Waals surface area contributed by atoms with Crippen LogP contribution in [0.4, 0.5) is 10.2 Å². The number of aromatic nitrogens is 2. The van der Waals surface area contributed by atoms with Crippen LogP contribution in [0.3, 0.4) is 0 Å². The van der Waals surface area contributed by atoms with Crippen molar-refractivity contribution < 1.29 is 27.8 Å². The number of hydrogen-bond donors (Lipinski definition) is 4. The summed E-state index contributed by atoms with van der Waals surface area (Å²) in [6.45, 7) is -0.0606. The molecule has 1 aliphatic heterocycles. The zero-order valence-electron chi connectivity index (χ0n) is 17.9. The van der Waals surface area contributed by atoms with Gasteiger partial charge in [-0.05, 0) is 23.8 Å². The van der Waals surface area contributed by atoms with Crippen molar-refractivity contribution in [3.8, 4) is 0 Å². The molecule has 10 nitrogen and oxygen atoms in total. The minimum absolute atomic E-state index is 0.269. The van der Waals surface area contributed by atoms with E-state index in [-0.39, 0.29) is 12.5 Å². The first-order valence-corrected chi connectivity index (χ1v) is 11.8. The van der Waals surface area contributed by atoms with Crippen LogP contribution in [0.2, 0.25) is 0 Å². The summed E-state index contributed by atoms with van der Waals surface area (Å²) in [7, 11) is -4.63. The topological polar surface area (TPSA) is 147 Å². The van der Waals surface area contributed by atoms with E-state index >= 15 is 0 Å². The van der Waals surface area contributed by atoms with Gasteiger partial charge in [-0.25, -0.2) is 13.9 Å². The minimum Gasteiger partial charge on any atom is -0.366 e. The van der Waals surface area contributed by atoms with Crippen molar-refractivity contribution >= 4 is 19.2 Å². The molecule has 1 unspecified atom stereocenters. The monoisotopic (exact) mass is 487 g/mol. The molecule has 4 rings (SSSR count). The average Bonchev–Trinajstić information content (AvgIpc) is 3.26. The summed E-state index contributed by atoms with van der Waals surface area (Å²) >= 11 is 0. The molecule has 1 aromatic carbocycles. The Balaban J connectivity index is 1.35. The van der Waals surface area contributed by atoms with Crippen molar-refractivity contribution in [1.82, 2.24) is 15.0 Å². The first kappa shape index (κ1) is 23.8. The van der Waals surface area contributed by atoms with E-state index in [0.29, 0.717) is 41.4 Å². The number of phosphoric acid groups is 1. The molecular formula is C22H23FN5O5P. The van der Waals surface area contributed by atoms with E-state index in [1.54, 1.807) is 54.9 Å². The lowest BCUT2D eigenvalue weighted by atomic mass is 10.1. The SMILES string of the molecule is NC1C(c2cc(Cc3ccc(NCc4ccccc4F)nc3)no2)=CC=CN1COP(=O)(O)O. The lowest BCUT2D eigenvalue weighted by Crippen LogP contribution is -2.41. The van der Waals surface area contributed by atoms with E-state index in [4.69, 9.17) is 20.0 Å². The van der Waals surface area contributed by atoms with E-state index in [1.807, 2.05) is 6.07 Å². The Labute approximate surface area is 194 Å². The summed E-state index contributed by atoms with van der Waals surface area (Å²) in [4.78, 5) is 23.6. The predicted octanol–water partition coefficient (Wildman–Crippen LogP) is 2.98. The third-order valence-corrected chi connectivity index (χ3v) is 5.53. The molecule has 1 aliphatic rings. The van der Waals surface area contributed by atoms with Crippen LogP contribution >= 0.6 is 7.82 Å². The standard InChI is InChI=1S/C22H23FN5O5P/c23-19-6-2-1-4-16(19)13-26-21-8-7-15(12-25-21)10-17-11-20(33-27-17)18-5-3-9-28(22(18)24)14-32-34(29,30)31/h1-9,11-12,22H,10,13-14,24H2,(H,25,26)(H2,29,30,31). The number of nitrogens with two attached hydrogens (primary N) is 1. The van der Waals surface area contributed by atoms with Crippen LogP contribution in [-0.4, -0.2) is 37.7 Å². The molecule has 0 saturated heterocycles. The molecule has 0 radical (unpaired) electrons. The van der Waals surface area contributed by atoms with Crippen LogP contribution in [-0.2, 0) is 22.1 Å². The Kier molecular flexibility index (Phi) is 7.20. The second-order valence-corrected chi connectivity index (χ2v) is 8.77. The van der Waals surface area contributed by atoms with Gasteiger partial charge in [0.25, 0.3) is 0 Å². The second-order valence-electron chi connectivity index (χ2n) is 7.53. The van der Waals surface area contributed by atoms with Crippen LogP contribution in [0, 0.1) is 5.82 Å². The fourth-order valence-corrected chi connectivity index (χ4v) is 3.61. The fraction of sp³-hybridized carbons (Fsp3) is 0.182. The van der Waals surface area contributed by atoms with Crippen LogP contribution < -0.4 is 11.1 Å². The Hall–Kier alpha value is -3.34. The number of benzene rings is 1. The molecule has 0 saturated carbocycles. The fourth-order valence-electron chi connectivity index (χ4n) is 3.32. The number of phosphoric ester groups is 1. The maximum Gasteiger partial charge on any atom is 0.471 e. The third kappa shape index (κ3) is 6.16. The maximum atomic E-state index is 13.7. The summed E-state index contributed by atoms with van der Waals surface area (Å²) in [5.74, 6) is 0.786. The molecule has 12 heteroatoms. The predicted molar refractivity (Wildman–Crippen MR) is 122 cm³/mol. The third-order valence-electron chi connectivity index (χ3n) is 5.08. The normalized spacial score (nSPS) is 15.9. The van der Waals surface area contributed by atoms with E-state index in [0.717, 1.165) is 5.56 Å². The van der Waals surface area contributed by atoms with Gasteiger partial charge in [-0.2, -0.15) is 0 Å². The van der Waals surface area contributed by atoms with Crippen molar-refractivity contribution in [2.24, 2.45) is 5.73 Å². The smallest absolute Gasteiger partial charge is 0.366 e. The number of pyridine rings is 1. The molecule has 178 valence electrons. The van der Waals surface area contributed by atoms with Crippen molar-refractivity contribution in [3.63, 3.8) is 0 Å². The number of hydrogen-bond acceptors (Lipinski definition) is 8. The highest BCUT2D eigenvalue weighted by molar-refractivity contribution is 7.46. The summed E-state index contributed by atoms with van der Waals surface area (Å²) in [5.41, 5.74) is 8.88. The number of nitrogens with zero attached hydrogens (tertiary/aromatic N) is 3. The van der Waals surface area contributed by atoms with Crippen molar-refractivity contribution in [2.45, 2.75) is 19.1 Å². The second kappa shape index (κ2) is 10.3. The Morgan fingerprint density at radius 1 is 1.26 bits per heavy atom. The van der Waals surface area contributed by atoms with Crippen LogP contribution in [0.25, 0.3) is 5.57 Å². The molecule has 0 aliphatic carbocycles. The number of nitrogens with one attached hydrogen (secondary N) is 1. The first-order chi connectivity index (χ1) is 16.3. The van der Waals surface area contributed by atoms with Crippen molar-refractivity contribution in [3.05, 3.63) is 95.4 Å². The largest absolute Gasteiger partial charge is 0.471 e. The van der Waals surface area contributed by atoms with Gasteiger partial charge in [0.2, 0.25) is 0 Å². The van der Waals surface area contributed by atoms with Gasteiger partial charge in [-0.15, -0.1) is 0 Å². The lowest BCUT2D eigenvalue weighted by Gasteiger charge is -2.30.